The van der Waals surface area contributed by atoms with Crippen LogP contribution in [0.3, 0.4) is 0 Å². The number of benzene rings is 1. The van der Waals surface area contributed by atoms with E-state index < -0.39 is 12.0 Å². The van der Waals surface area contributed by atoms with Gasteiger partial charge in [-0.25, -0.2) is 0 Å². The second-order valence-corrected chi connectivity index (χ2v) is 3.58. The van der Waals surface area contributed by atoms with Crippen molar-refractivity contribution in [2.24, 2.45) is 0 Å². The molecule has 0 saturated heterocycles. The van der Waals surface area contributed by atoms with Crippen molar-refractivity contribution in [3.63, 3.8) is 0 Å². The molecule has 0 bridgehead atoms. The molecule has 0 radical (unpaired) electrons. The predicted molar refractivity (Wildman–Crippen MR) is 51.7 cm³/mol. The molecule has 15 heavy (non-hydrogen) atoms. The maximum Gasteiger partial charge on any atom is 0.321 e. The fourth-order valence-electron chi connectivity index (χ4n) is 1.78. The number of aromatic hydroxyl groups is 2. The van der Waals surface area contributed by atoms with Gasteiger partial charge in [0.2, 0.25) is 0 Å². The van der Waals surface area contributed by atoms with Gasteiger partial charge in [-0.05, 0) is 18.1 Å². The molecule has 1 aliphatic heterocycles. The molecule has 1 aromatic carbocycles. The van der Waals surface area contributed by atoms with Gasteiger partial charge in [0.1, 0.15) is 17.5 Å². The van der Waals surface area contributed by atoms with Gasteiger partial charge in [0.25, 0.3) is 0 Å². The lowest BCUT2D eigenvalue weighted by Gasteiger charge is -2.23. The molecule has 0 saturated carbocycles. The molecule has 5 heteroatoms. The number of phenolic OH excluding ortho intramolecular Hbond substituents is 2. The van der Waals surface area contributed by atoms with Gasteiger partial charge in [-0.2, -0.15) is 0 Å². The van der Waals surface area contributed by atoms with Crippen molar-refractivity contribution >= 4 is 5.97 Å². The van der Waals surface area contributed by atoms with E-state index in [1.807, 2.05) is 0 Å². The third-order valence-electron chi connectivity index (χ3n) is 2.55. The van der Waals surface area contributed by atoms with Crippen LogP contribution in [0.15, 0.2) is 12.1 Å². The van der Waals surface area contributed by atoms with Gasteiger partial charge in [-0.3, -0.25) is 10.1 Å². The summed E-state index contributed by atoms with van der Waals surface area (Å²) in [5.74, 6) is -0.970. The maximum absolute atomic E-state index is 10.7. The molecule has 0 fully saturated rings. The second-order valence-electron chi connectivity index (χ2n) is 3.58. The Bertz CT molecular complexity index is 416. The molecule has 80 valence electrons. The molecular weight excluding hydrogens is 198 g/mol. The van der Waals surface area contributed by atoms with Crippen LogP contribution in [0.25, 0.3) is 0 Å². The normalized spacial score (nSPS) is 19.6. The van der Waals surface area contributed by atoms with E-state index in [1.165, 1.54) is 12.1 Å². The summed E-state index contributed by atoms with van der Waals surface area (Å²) in [6, 6.07) is 2.09. The first kappa shape index (κ1) is 9.79. The topological polar surface area (TPSA) is 89.8 Å². The van der Waals surface area contributed by atoms with E-state index in [2.05, 4.69) is 5.32 Å². The van der Waals surface area contributed by atoms with Crippen molar-refractivity contribution in [3.8, 4) is 11.5 Å². The first-order chi connectivity index (χ1) is 7.08. The Morgan fingerprint density at radius 3 is 2.80 bits per heavy atom. The van der Waals surface area contributed by atoms with Crippen molar-refractivity contribution in [1.29, 1.82) is 0 Å². The molecule has 1 aliphatic rings. The Kier molecular flexibility index (Phi) is 2.24. The molecular formula is C10H11NO4. The molecule has 0 spiro atoms. The molecule has 5 nitrogen and oxygen atoms in total. The lowest BCUT2D eigenvalue weighted by Crippen LogP contribution is -2.41. The first-order valence-corrected chi connectivity index (χ1v) is 4.58. The zero-order valence-corrected chi connectivity index (χ0v) is 7.90. The summed E-state index contributed by atoms with van der Waals surface area (Å²) in [5, 5.41) is 30.4. The predicted octanol–water partition coefficient (Wildman–Crippen LogP) is 0.197. The minimum Gasteiger partial charge on any atom is -0.508 e. The summed E-state index contributed by atoms with van der Waals surface area (Å²) in [6.45, 7) is 0.304. The van der Waals surface area contributed by atoms with E-state index in [0.29, 0.717) is 17.7 Å². The average molecular weight is 209 g/mol. The molecule has 1 atom stereocenters. The van der Waals surface area contributed by atoms with Crippen molar-refractivity contribution in [3.05, 3.63) is 23.3 Å². The lowest BCUT2D eigenvalue weighted by atomic mass is 9.95. The summed E-state index contributed by atoms with van der Waals surface area (Å²) in [6.07, 6.45) is 0.270. The zero-order chi connectivity index (χ0) is 11.0. The Morgan fingerprint density at radius 2 is 2.13 bits per heavy atom. The minimum atomic E-state index is -0.927. The number of hydrogen-bond donors (Lipinski definition) is 4. The Balaban J connectivity index is 2.37. The highest BCUT2D eigenvalue weighted by Gasteiger charge is 2.25. The fourth-order valence-corrected chi connectivity index (χ4v) is 1.78. The van der Waals surface area contributed by atoms with Crippen LogP contribution in [0.2, 0.25) is 0 Å². The highest BCUT2D eigenvalue weighted by Crippen LogP contribution is 2.30. The standard InChI is InChI=1S/C10H11NO4/c12-6-1-5-2-8(10(14)15)11-4-7(5)9(13)3-6/h1,3,8,11-13H,2,4H2,(H,14,15). The van der Waals surface area contributed by atoms with Gasteiger partial charge in [-0.15, -0.1) is 0 Å². The summed E-state index contributed by atoms with van der Waals surface area (Å²) in [4.78, 5) is 10.7. The minimum absolute atomic E-state index is 0.00124. The molecule has 4 N–H and O–H groups in total. The number of carboxylic acids is 1. The van der Waals surface area contributed by atoms with Gasteiger partial charge in [0, 0.05) is 18.2 Å². The van der Waals surface area contributed by atoms with Crippen LogP contribution in [0.1, 0.15) is 11.1 Å². The van der Waals surface area contributed by atoms with E-state index in [0.717, 1.165) is 0 Å². The SMILES string of the molecule is O=C(O)C1Cc2cc(O)cc(O)c2CN1. The molecule has 0 aromatic heterocycles. The molecule has 1 heterocycles. The van der Waals surface area contributed by atoms with E-state index in [1.54, 1.807) is 0 Å². The summed E-state index contributed by atoms with van der Waals surface area (Å²) in [5.41, 5.74) is 1.34. The third kappa shape index (κ3) is 1.73. The third-order valence-corrected chi connectivity index (χ3v) is 2.55. The number of carbonyl (C=O) groups is 1. The van der Waals surface area contributed by atoms with Crippen LogP contribution < -0.4 is 5.32 Å². The van der Waals surface area contributed by atoms with Crippen LogP contribution in [-0.4, -0.2) is 27.3 Å². The van der Waals surface area contributed by atoms with E-state index in [4.69, 9.17) is 5.11 Å². The van der Waals surface area contributed by atoms with Crippen LogP contribution in [-0.2, 0) is 17.8 Å². The quantitative estimate of drug-likeness (QED) is 0.530. The number of hydrogen-bond acceptors (Lipinski definition) is 4. The number of rotatable bonds is 1. The fraction of sp³-hybridized carbons (Fsp3) is 0.300. The Labute approximate surface area is 86.0 Å². The highest BCUT2D eigenvalue weighted by molar-refractivity contribution is 5.74. The maximum atomic E-state index is 10.7. The largest absolute Gasteiger partial charge is 0.508 e. The summed E-state index contributed by atoms with van der Waals surface area (Å²) in [7, 11) is 0. The molecule has 1 aromatic rings. The second kappa shape index (κ2) is 3.43. The van der Waals surface area contributed by atoms with Gasteiger partial charge >= 0.3 is 5.97 Å². The van der Waals surface area contributed by atoms with E-state index in [9.17, 15) is 15.0 Å². The van der Waals surface area contributed by atoms with Crippen molar-refractivity contribution in [1.82, 2.24) is 5.32 Å². The van der Waals surface area contributed by atoms with E-state index in [-0.39, 0.29) is 17.9 Å². The molecule has 1 unspecified atom stereocenters. The number of carboxylic acid groups (broad SMARTS) is 1. The van der Waals surface area contributed by atoms with Crippen LogP contribution in [0, 0.1) is 0 Å². The number of aliphatic carboxylic acids is 1. The van der Waals surface area contributed by atoms with Crippen molar-refractivity contribution in [2.45, 2.75) is 19.0 Å². The number of nitrogens with one attached hydrogen (secondary N) is 1. The van der Waals surface area contributed by atoms with Crippen molar-refractivity contribution < 1.29 is 20.1 Å². The number of fused-ring (bicyclic) bond motifs is 1. The molecule has 0 amide bonds. The van der Waals surface area contributed by atoms with E-state index >= 15 is 0 Å². The van der Waals surface area contributed by atoms with Gasteiger partial charge in [-0.1, -0.05) is 0 Å². The van der Waals surface area contributed by atoms with Crippen LogP contribution in [0.5, 0.6) is 11.5 Å². The highest BCUT2D eigenvalue weighted by atomic mass is 16.4. The van der Waals surface area contributed by atoms with Crippen LogP contribution in [0.4, 0.5) is 0 Å². The van der Waals surface area contributed by atoms with Gasteiger partial charge < -0.3 is 15.3 Å². The monoisotopic (exact) mass is 209 g/mol. The summed E-state index contributed by atoms with van der Waals surface area (Å²) < 4.78 is 0. The Morgan fingerprint density at radius 1 is 1.40 bits per heavy atom. The van der Waals surface area contributed by atoms with Crippen LogP contribution >= 0.6 is 0 Å². The lowest BCUT2D eigenvalue weighted by molar-refractivity contribution is -0.139. The average Bonchev–Trinajstić information content (AvgIpc) is 2.16. The zero-order valence-electron chi connectivity index (χ0n) is 7.90. The van der Waals surface area contributed by atoms with Gasteiger partial charge in [0.05, 0.1) is 0 Å². The summed E-state index contributed by atoms with van der Waals surface area (Å²) >= 11 is 0. The molecule has 0 aliphatic carbocycles. The smallest absolute Gasteiger partial charge is 0.321 e. The first-order valence-electron chi connectivity index (χ1n) is 4.58. The number of phenols is 2. The van der Waals surface area contributed by atoms with Gasteiger partial charge in [0.15, 0.2) is 0 Å². The van der Waals surface area contributed by atoms with Crippen molar-refractivity contribution in [2.75, 3.05) is 0 Å². The Hall–Kier alpha value is -1.75. The molecule has 2 rings (SSSR count).